The lowest BCUT2D eigenvalue weighted by Gasteiger charge is -2.42. The highest BCUT2D eigenvalue weighted by molar-refractivity contribution is 5.54. The van der Waals surface area contributed by atoms with Crippen LogP contribution in [0.2, 0.25) is 0 Å². The van der Waals surface area contributed by atoms with Gasteiger partial charge < -0.3 is 4.90 Å². The summed E-state index contributed by atoms with van der Waals surface area (Å²) in [5, 5.41) is 0. The Morgan fingerprint density at radius 2 is 1.65 bits per heavy atom. The van der Waals surface area contributed by atoms with Gasteiger partial charge in [-0.1, -0.05) is 48.5 Å². The Balaban J connectivity index is 1.42. The Morgan fingerprint density at radius 1 is 0.913 bits per heavy atom. The minimum absolute atomic E-state index is 0.585. The number of piperazine rings is 1. The average Bonchev–Trinajstić information content (AvgIpc) is 3.37. The largest absolute Gasteiger partial charge is 0.366 e. The molecule has 4 rings (SSSR count). The molecule has 1 aliphatic heterocycles. The van der Waals surface area contributed by atoms with E-state index < -0.39 is 0 Å². The molecule has 2 aromatic carbocycles. The van der Waals surface area contributed by atoms with Crippen molar-refractivity contribution >= 4 is 5.69 Å². The lowest BCUT2D eigenvalue weighted by Crippen LogP contribution is -2.53. The van der Waals surface area contributed by atoms with E-state index in [2.05, 4.69) is 78.2 Å². The van der Waals surface area contributed by atoms with E-state index in [1.54, 1.807) is 0 Å². The first kappa shape index (κ1) is 14.8. The van der Waals surface area contributed by atoms with E-state index in [-0.39, 0.29) is 0 Å². The number of rotatable bonds is 3. The van der Waals surface area contributed by atoms with Gasteiger partial charge >= 0.3 is 0 Å². The van der Waals surface area contributed by atoms with Gasteiger partial charge in [0.1, 0.15) is 0 Å². The number of hydrogen-bond acceptors (Lipinski definition) is 2. The Morgan fingerprint density at radius 3 is 2.39 bits per heavy atom. The number of hydrogen-bond donors (Lipinski definition) is 0. The molecule has 2 aliphatic rings. The van der Waals surface area contributed by atoms with E-state index in [0.29, 0.717) is 6.04 Å². The summed E-state index contributed by atoms with van der Waals surface area (Å²) in [6.45, 7) is 8.11. The van der Waals surface area contributed by atoms with Crippen molar-refractivity contribution in [3.05, 3.63) is 65.7 Å². The first-order chi connectivity index (χ1) is 11.2. The van der Waals surface area contributed by atoms with Crippen molar-refractivity contribution in [2.24, 2.45) is 0 Å². The second-order valence-corrected chi connectivity index (χ2v) is 7.14. The summed E-state index contributed by atoms with van der Waals surface area (Å²) in [5.74, 6) is 0.758. The molecule has 3 atom stereocenters. The summed E-state index contributed by atoms with van der Waals surface area (Å²) in [4.78, 5) is 5.31. The van der Waals surface area contributed by atoms with Gasteiger partial charge in [0.05, 0.1) is 0 Å². The first-order valence-corrected chi connectivity index (χ1v) is 8.85. The quantitative estimate of drug-likeness (QED) is 0.843. The van der Waals surface area contributed by atoms with E-state index in [0.717, 1.165) is 18.5 Å². The topological polar surface area (TPSA) is 6.48 Å². The summed E-state index contributed by atoms with van der Waals surface area (Å²) >= 11 is 0. The van der Waals surface area contributed by atoms with Crippen molar-refractivity contribution in [1.82, 2.24) is 4.90 Å². The van der Waals surface area contributed by atoms with Crippen molar-refractivity contribution in [2.75, 3.05) is 24.5 Å². The smallest absolute Gasteiger partial charge is 0.0399 e. The van der Waals surface area contributed by atoms with Gasteiger partial charge in [0.2, 0.25) is 0 Å². The van der Waals surface area contributed by atoms with Gasteiger partial charge in [-0.25, -0.2) is 0 Å². The molecule has 1 saturated carbocycles. The molecule has 0 radical (unpaired) electrons. The van der Waals surface area contributed by atoms with Gasteiger partial charge in [-0.2, -0.15) is 0 Å². The maximum atomic E-state index is 2.72. The third-order valence-electron chi connectivity index (χ3n) is 5.54. The van der Waals surface area contributed by atoms with Gasteiger partial charge in [0, 0.05) is 43.3 Å². The fourth-order valence-corrected chi connectivity index (χ4v) is 4.17. The first-order valence-electron chi connectivity index (χ1n) is 8.85. The molecule has 3 unspecified atom stereocenters. The maximum Gasteiger partial charge on any atom is 0.0399 e. The number of aryl methyl sites for hydroxylation is 1. The van der Waals surface area contributed by atoms with Gasteiger partial charge in [-0.05, 0) is 37.5 Å². The molecule has 2 aromatic rings. The van der Waals surface area contributed by atoms with Crippen molar-refractivity contribution in [2.45, 2.75) is 38.3 Å². The Bertz CT molecular complexity index is 667. The Hall–Kier alpha value is -1.80. The van der Waals surface area contributed by atoms with E-state index >= 15 is 0 Å². The molecule has 2 fully saturated rings. The number of nitrogens with zero attached hydrogens (tertiary/aromatic N) is 2. The summed E-state index contributed by atoms with van der Waals surface area (Å²) in [5.41, 5.74) is 4.32. The molecule has 0 bridgehead atoms. The van der Waals surface area contributed by atoms with Crippen LogP contribution in [0.1, 0.15) is 30.4 Å². The van der Waals surface area contributed by atoms with Crippen molar-refractivity contribution in [3.63, 3.8) is 0 Å². The van der Waals surface area contributed by atoms with Crippen LogP contribution in [-0.2, 0) is 0 Å². The molecule has 2 nitrogen and oxygen atoms in total. The zero-order valence-corrected chi connectivity index (χ0v) is 14.2. The molecule has 0 spiro atoms. The van der Waals surface area contributed by atoms with Crippen LogP contribution in [0.3, 0.4) is 0 Å². The van der Waals surface area contributed by atoms with Gasteiger partial charge in [-0.15, -0.1) is 0 Å². The predicted octanol–water partition coefficient (Wildman–Crippen LogP) is 4.06. The highest BCUT2D eigenvalue weighted by Crippen LogP contribution is 2.45. The van der Waals surface area contributed by atoms with Crippen molar-refractivity contribution in [3.8, 4) is 0 Å². The third-order valence-corrected chi connectivity index (χ3v) is 5.54. The van der Waals surface area contributed by atoms with E-state index in [9.17, 15) is 0 Å². The SMILES string of the molecule is Cc1ccccc1N1CCN(C2CC2c2ccccc2)CC1C. The summed E-state index contributed by atoms with van der Waals surface area (Å²) in [6, 6.07) is 21.2. The Kier molecular flexibility index (Phi) is 3.86. The predicted molar refractivity (Wildman–Crippen MR) is 97.1 cm³/mol. The molecule has 2 heteroatoms. The molecule has 0 N–H and O–H groups in total. The van der Waals surface area contributed by atoms with Crippen LogP contribution in [0, 0.1) is 6.92 Å². The fourth-order valence-electron chi connectivity index (χ4n) is 4.17. The van der Waals surface area contributed by atoms with E-state index in [1.165, 1.54) is 36.3 Å². The second-order valence-electron chi connectivity index (χ2n) is 7.14. The monoisotopic (exact) mass is 306 g/mol. The average molecular weight is 306 g/mol. The minimum atomic E-state index is 0.585. The van der Waals surface area contributed by atoms with Crippen LogP contribution in [0.25, 0.3) is 0 Å². The summed E-state index contributed by atoms with van der Waals surface area (Å²) in [6.07, 6.45) is 1.33. The molecule has 1 saturated heterocycles. The van der Waals surface area contributed by atoms with Gasteiger partial charge in [-0.3, -0.25) is 4.90 Å². The number of benzene rings is 2. The fraction of sp³-hybridized carbons (Fsp3) is 0.429. The molecule has 0 aromatic heterocycles. The Labute approximate surface area is 139 Å². The normalized spacial score (nSPS) is 27.9. The van der Waals surface area contributed by atoms with Crippen LogP contribution in [0.4, 0.5) is 5.69 Å². The second kappa shape index (κ2) is 6.01. The van der Waals surface area contributed by atoms with Crippen LogP contribution in [0.5, 0.6) is 0 Å². The van der Waals surface area contributed by atoms with Crippen molar-refractivity contribution in [1.29, 1.82) is 0 Å². The number of para-hydroxylation sites is 1. The lowest BCUT2D eigenvalue weighted by molar-refractivity contribution is 0.216. The highest BCUT2D eigenvalue weighted by atomic mass is 15.3. The van der Waals surface area contributed by atoms with Crippen LogP contribution in [0.15, 0.2) is 54.6 Å². The zero-order valence-electron chi connectivity index (χ0n) is 14.2. The summed E-state index contributed by atoms with van der Waals surface area (Å²) < 4.78 is 0. The maximum absolute atomic E-state index is 2.72. The number of anilines is 1. The molecule has 1 heterocycles. The molecular formula is C21H26N2. The molecule has 120 valence electrons. The molecular weight excluding hydrogens is 280 g/mol. The molecule has 0 amide bonds. The highest BCUT2D eigenvalue weighted by Gasteiger charge is 2.44. The summed E-state index contributed by atoms with van der Waals surface area (Å²) in [7, 11) is 0. The van der Waals surface area contributed by atoms with Crippen LogP contribution < -0.4 is 4.90 Å². The standard InChI is InChI=1S/C21H26N2/c1-16-8-6-7-11-20(16)23-13-12-22(15-17(23)2)21-14-19(21)18-9-4-3-5-10-18/h3-11,17,19,21H,12-15H2,1-2H3. The minimum Gasteiger partial charge on any atom is -0.366 e. The molecule has 23 heavy (non-hydrogen) atoms. The van der Waals surface area contributed by atoms with Gasteiger partial charge in [0.15, 0.2) is 0 Å². The van der Waals surface area contributed by atoms with Crippen LogP contribution in [-0.4, -0.2) is 36.6 Å². The molecule has 1 aliphatic carbocycles. The third kappa shape index (κ3) is 2.88. The zero-order chi connectivity index (χ0) is 15.8. The van der Waals surface area contributed by atoms with Crippen molar-refractivity contribution < 1.29 is 0 Å². The van der Waals surface area contributed by atoms with Crippen LogP contribution >= 0.6 is 0 Å². The van der Waals surface area contributed by atoms with E-state index in [1.807, 2.05) is 0 Å². The van der Waals surface area contributed by atoms with Gasteiger partial charge in [0.25, 0.3) is 0 Å². The lowest BCUT2D eigenvalue weighted by atomic mass is 10.1. The van der Waals surface area contributed by atoms with E-state index in [4.69, 9.17) is 0 Å².